The van der Waals surface area contributed by atoms with Crippen molar-refractivity contribution in [1.82, 2.24) is 9.97 Å². The van der Waals surface area contributed by atoms with Crippen LogP contribution in [-0.4, -0.2) is 37.2 Å². The molecule has 8 nitrogen and oxygen atoms in total. The number of hydrogen-bond donors (Lipinski definition) is 2. The summed E-state index contributed by atoms with van der Waals surface area (Å²) in [5.41, 5.74) is 2.17. The van der Waals surface area contributed by atoms with Gasteiger partial charge in [0.15, 0.2) is 0 Å². The second-order valence-electron chi connectivity index (χ2n) is 6.09. The molecule has 0 aliphatic heterocycles. The summed E-state index contributed by atoms with van der Waals surface area (Å²) in [6.45, 7) is 1.80. The summed E-state index contributed by atoms with van der Waals surface area (Å²) in [4.78, 5) is 21.4. The molecule has 8 heteroatoms. The van der Waals surface area contributed by atoms with Crippen molar-refractivity contribution in [2.45, 2.75) is 6.92 Å². The van der Waals surface area contributed by atoms with Crippen LogP contribution in [-0.2, 0) is 0 Å². The van der Waals surface area contributed by atoms with Gasteiger partial charge in [0.1, 0.15) is 22.9 Å². The lowest BCUT2D eigenvalue weighted by Crippen LogP contribution is -2.16. The second-order valence-corrected chi connectivity index (χ2v) is 6.09. The Balaban J connectivity index is 1.80. The Morgan fingerprint density at radius 1 is 0.862 bits per heavy atom. The van der Waals surface area contributed by atoms with Gasteiger partial charge < -0.3 is 24.8 Å². The van der Waals surface area contributed by atoms with E-state index in [1.165, 1.54) is 7.11 Å². The fourth-order valence-electron chi connectivity index (χ4n) is 2.63. The summed E-state index contributed by atoms with van der Waals surface area (Å²) in [5, 5.41) is 5.90. The first-order chi connectivity index (χ1) is 14.0. The van der Waals surface area contributed by atoms with Gasteiger partial charge in [-0.15, -0.1) is 0 Å². The van der Waals surface area contributed by atoms with Gasteiger partial charge in [0, 0.05) is 17.4 Å². The fourth-order valence-corrected chi connectivity index (χ4v) is 2.63. The number of methoxy groups -OCH3 is 3. The van der Waals surface area contributed by atoms with Gasteiger partial charge in [-0.3, -0.25) is 4.79 Å². The van der Waals surface area contributed by atoms with E-state index in [1.54, 1.807) is 45.4 Å². The van der Waals surface area contributed by atoms with Gasteiger partial charge in [0.25, 0.3) is 5.91 Å². The molecule has 0 spiro atoms. The van der Waals surface area contributed by atoms with E-state index >= 15 is 0 Å². The third kappa shape index (κ3) is 4.92. The van der Waals surface area contributed by atoms with Crippen LogP contribution in [0.2, 0.25) is 0 Å². The highest BCUT2D eigenvalue weighted by molar-refractivity contribution is 6.04. The quantitative estimate of drug-likeness (QED) is 0.629. The molecule has 2 aromatic carbocycles. The van der Waals surface area contributed by atoms with E-state index in [1.807, 2.05) is 24.3 Å². The standard InChI is InChI=1S/C21H22N4O4/c1-13-11-18(20(26)24-17-10-9-16(28-3)12-19(17)29-4)25-21(22-13)23-14-5-7-15(27-2)8-6-14/h5-12H,1-4H3,(H,24,26)(H,22,23,25). The molecule has 3 aromatic rings. The van der Waals surface area contributed by atoms with Crippen LogP contribution in [0.15, 0.2) is 48.5 Å². The van der Waals surface area contributed by atoms with Gasteiger partial charge in [0.05, 0.1) is 27.0 Å². The summed E-state index contributed by atoms with van der Waals surface area (Å²) in [6, 6.07) is 14.1. The number of carbonyl (C=O) groups excluding carboxylic acids is 1. The Labute approximate surface area is 168 Å². The molecule has 1 heterocycles. The Bertz CT molecular complexity index is 1010. The Morgan fingerprint density at radius 2 is 1.55 bits per heavy atom. The predicted molar refractivity (Wildman–Crippen MR) is 111 cm³/mol. The van der Waals surface area contributed by atoms with Crippen LogP contribution < -0.4 is 24.8 Å². The first kappa shape index (κ1) is 19.9. The third-order valence-electron chi connectivity index (χ3n) is 4.09. The summed E-state index contributed by atoms with van der Waals surface area (Å²) < 4.78 is 15.6. The lowest BCUT2D eigenvalue weighted by atomic mass is 10.2. The van der Waals surface area contributed by atoms with Crippen molar-refractivity contribution in [1.29, 1.82) is 0 Å². The van der Waals surface area contributed by atoms with Crippen molar-refractivity contribution in [2.24, 2.45) is 0 Å². The molecule has 1 amide bonds. The maximum atomic E-state index is 12.7. The van der Waals surface area contributed by atoms with Crippen molar-refractivity contribution in [3.05, 3.63) is 59.9 Å². The van der Waals surface area contributed by atoms with E-state index in [9.17, 15) is 4.79 Å². The number of carbonyl (C=O) groups is 1. The molecular weight excluding hydrogens is 372 g/mol. The lowest BCUT2D eigenvalue weighted by molar-refractivity contribution is 0.102. The van der Waals surface area contributed by atoms with E-state index in [0.717, 1.165) is 11.4 Å². The van der Waals surface area contributed by atoms with Crippen LogP contribution >= 0.6 is 0 Å². The zero-order valence-corrected chi connectivity index (χ0v) is 16.6. The molecule has 2 N–H and O–H groups in total. The van der Waals surface area contributed by atoms with E-state index in [4.69, 9.17) is 14.2 Å². The summed E-state index contributed by atoms with van der Waals surface area (Å²) in [6.07, 6.45) is 0. The van der Waals surface area contributed by atoms with Gasteiger partial charge in [-0.25, -0.2) is 9.97 Å². The summed E-state index contributed by atoms with van der Waals surface area (Å²) >= 11 is 0. The largest absolute Gasteiger partial charge is 0.497 e. The van der Waals surface area contributed by atoms with Crippen molar-refractivity contribution < 1.29 is 19.0 Å². The van der Waals surface area contributed by atoms with Gasteiger partial charge in [-0.2, -0.15) is 0 Å². The average Bonchev–Trinajstić information content (AvgIpc) is 2.74. The normalized spacial score (nSPS) is 10.2. The number of aryl methyl sites for hydroxylation is 1. The number of amides is 1. The van der Waals surface area contributed by atoms with Crippen LogP contribution in [0.5, 0.6) is 17.2 Å². The van der Waals surface area contributed by atoms with Crippen LogP contribution in [0.4, 0.5) is 17.3 Å². The van der Waals surface area contributed by atoms with E-state index in [0.29, 0.717) is 28.8 Å². The minimum absolute atomic E-state index is 0.228. The molecule has 0 bridgehead atoms. The molecule has 0 atom stereocenters. The Morgan fingerprint density at radius 3 is 2.21 bits per heavy atom. The van der Waals surface area contributed by atoms with Crippen LogP contribution in [0, 0.1) is 6.92 Å². The zero-order chi connectivity index (χ0) is 20.8. The number of benzene rings is 2. The Hall–Kier alpha value is -3.81. The average molecular weight is 394 g/mol. The number of rotatable bonds is 7. The maximum Gasteiger partial charge on any atom is 0.274 e. The molecule has 0 saturated heterocycles. The number of ether oxygens (including phenoxy) is 3. The zero-order valence-electron chi connectivity index (χ0n) is 16.6. The highest BCUT2D eigenvalue weighted by atomic mass is 16.5. The summed E-state index contributed by atoms with van der Waals surface area (Å²) in [7, 11) is 4.69. The van der Waals surface area contributed by atoms with Crippen molar-refractivity contribution in [3.63, 3.8) is 0 Å². The van der Waals surface area contributed by atoms with Gasteiger partial charge in [-0.1, -0.05) is 0 Å². The molecule has 3 rings (SSSR count). The molecule has 1 aromatic heterocycles. The lowest BCUT2D eigenvalue weighted by Gasteiger charge is -2.12. The first-order valence-corrected chi connectivity index (χ1v) is 8.82. The molecule has 0 aliphatic rings. The van der Waals surface area contributed by atoms with E-state index in [-0.39, 0.29) is 11.6 Å². The topological polar surface area (TPSA) is 94.6 Å². The molecular formula is C21H22N4O4. The molecule has 0 radical (unpaired) electrons. The molecule has 0 aliphatic carbocycles. The second kappa shape index (κ2) is 8.92. The highest BCUT2D eigenvalue weighted by Gasteiger charge is 2.14. The molecule has 0 fully saturated rings. The van der Waals surface area contributed by atoms with Crippen molar-refractivity contribution >= 4 is 23.2 Å². The number of anilines is 3. The number of aromatic nitrogens is 2. The van der Waals surface area contributed by atoms with Crippen molar-refractivity contribution in [3.8, 4) is 17.2 Å². The number of nitrogens with zero attached hydrogens (tertiary/aromatic N) is 2. The maximum absolute atomic E-state index is 12.7. The molecule has 150 valence electrons. The van der Waals surface area contributed by atoms with Gasteiger partial charge >= 0.3 is 0 Å². The van der Waals surface area contributed by atoms with Gasteiger partial charge in [0.2, 0.25) is 5.95 Å². The molecule has 0 saturated carbocycles. The predicted octanol–water partition coefficient (Wildman–Crippen LogP) is 3.81. The molecule has 29 heavy (non-hydrogen) atoms. The third-order valence-corrected chi connectivity index (χ3v) is 4.09. The van der Waals surface area contributed by atoms with Crippen LogP contribution in [0.3, 0.4) is 0 Å². The van der Waals surface area contributed by atoms with Gasteiger partial charge in [-0.05, 0) is 49.4 Å². The molecule has 0 unspecified atom stereocenters. The summed E-state index contributed by atoms with van der Waals surface area (Å²) in [5.74, 6) is 1.80. The van der Waals surface area contributed by atoms with E-state index < -0.39 is 0 Å². The minimum Gasteiger partial charge on any atom is -0.497 e. The number of hydrogen-bond acceptors (Lipinski definition) is 7. The number of nitrogens with one attached hydrogen (secondary N) is 2. The minimum atomic E-state index is -0.378. The fraction of sp³-hybridized carbons (Fsp3) is 0.190. The van der Waals surface area contributed by atoms with Crippen LogP contribution in [0.25, 0.3) is 0 Å². The van der Waals surface area contributed by atoms with E-state index in [2.05, 4.69) is 20.6 Å². The van der Waals surface area contributed by atoms with Crippen molar-refractivity contribution in [2.75, 3.05) is 32.0 Å². The smallest absolute Gasteiger partial charge is 0.274 e. The Kier molecular flexibility index (Phi) is 6.13. The SMILES string of the molecule is COc1ccc(Nc2nc(C)cc(C(=O)Nc3ccc(OC)cc3OC)n2)cc1. The van der Waals surface area contributed by atoms with Crippen LogP contribution in [0.1, 0.15) is 16.2 Å². The monoisotopic (exact) mass is 394 g/mol. The first-order valence-electron chi connectivity index (χ1n) is 8.82. The highest BCUT2D eigenvalue weighted by Crippen LogP contribution is 2.29.